The van der Waals surface area contributed by atoms with Crippen LogP contribution in [0.2, 0.25) is 0 Å². The SMILES string of the molecule is O=C(NC12CC(C1)C2)O[C@H]1CO[C@@H](c2cc(Nc3nccc4nc(OCC(F)F)cn34)n[nH]2)[C@H]1F. The number of alkyl halides is 3. The Morgan fingerprint density at radius 1 is 1.37 bits per heavy atom. The molecule has 4 aliphatic rings. The number of amides is 1. The molecular weight excluding hydrogens is 471 g/mol. The fourth-order valence-electron chi connectivity index (χ4n) is 4.82. The molecule has 3 atom stereocenters. The summed E-state index contributed by atoms with van der Waals surface area (Å²) in [5.74, 6) is 1.32. The maximum atomic E-state index is 15.0. The van der Waals surface area contributed by atoms with Crippen molar-refractivity contribution in [1.82, 2.24) is 29.9 Å². The predicted molar refractivity (Wildman–Crippen MR) is 113 cm³/mol. The van der Waals surface area contributed by atoms with E-state index in [9.17, 15) is 13.6 Å². The number of ether oxygens (including phenoxy) is 3. The molecule has 0 unspecified atom stereocenters. The van der Waals surface area contributed by atoms with Crippen LogP contribution in [-0.2, 0) is 9.47 Å². The molecule has 3 aromatic heterocycles. The number of carbonyl (C=O) groups excluding carboxylic acids is 1. The molecule has 0 radical (unpaired) electrons. The van der Waals surface area contributed by atoms with Gasteiger partial charge in [-0.1, -0.05) is 0 Å². The van der Waals surface area contributed by atoms with E-state index >= 15 is 4.39 Å². The summed E-state index contributed by atoms with van der Waals surface area (Å²) in [4.78, 5) is 20.5. The maximum absolute atomic E-state index is 15.0. The van der Waals surface area contributed by atoms with Crippen molar-refractivity contribution < 1.29 is 32.2 Å². The summed E-state index contributed by atoms with van der Waals surface area (Å²) in [7, 11) is 0. The van der Waals surface area contributed by atoms with Crippen LogP contribution < -0.4 is 15.4 Å². The van der Waals surface area contributed by atoms with Crippen LogP contribution in [0.1, 0.15) is 31.1 Å². The Morgan fingerprint density at radius 2 is 2.20 bits per heavy atom. The number of halogens is 3. The molecule has 1 amide bonds. The Bertz CT molecular complexity index is 1230. The summed E-state index contributed by atoms with van der Waals surface area (Å²) in [6, 6.07) is 3.13. The van der Waals surface area contributed by atoms with Gasteiger partial charge in [-0.3, -0.25) is 9.50 Å². The van der Waals surface area contributed by atoms with E-state index in [1.807, 2.05) is 0 Å². The van der Waals surface area contributed by atoms with Gasteiger partial charge in [0.2, 0.25) is 11.8 Å². The third kappa shape index (κ3) is 4.11. The number of carbonyl (C=O) groups is 1. The van der Waals surface area contributed by atoms with Crippen LogP contribution in [-0.4, -0.2) is 68.1 Å². The van der Waals surface area contributed by atoms with Crippen molar-refractivity contribution in [1.29, 1.82) is 0 Å². The van der Waals surface area contributed by atoms with Crippen molar-refractivity contribution in [3.8, 4) is 5.88 Å². The molecule has 0 spiro atoms. The van der Waals surface area contributed by atoms with E-state index < -0.39 is 37.5 Å². The number of aromatic nitrogens is 5. The van der Waals surface area contributed by atoms with Crippen molar-refractivity contribution in [2.45, 2.75) is 49.6 Å². The third-order valence-corrected chi connectivity index (χ3v) is 6.61. The molecule has 3 aliphatic carbocycles. The lowest BCUT2D eigenvalue weighted by atomic mass is 9.50. The van der Waals surface area contributed by atoms with Gasteiger partial charge in [0.05, 0.1) is 18.5 Å². The maximum Gasteiger partial charge on any atom is 0.408 e. The topological polar surface area (TPSA) is 128 Å². The van der Waals surface area contributed by atoms with E-state index in [1.165, 1.54) is 16.8 Å². The monoisotopic (exact) mass is 493 g/mol. The molecule has 1 aliphatic heterocycles. The lowest BCUT2D eigenvalue weighted by molar-refractivity contribution is -0.0528. The van der Waals surface area contributed by atoms with E-state index in [1.54, 1.807) is 12.1 Å². The van der Waals surface area contributed by atoms with E-state index in [0.29, 0.717) is 23.1 Å². The van der Waals surface area contributed by atoms with Crippen LogP contribution >= 0.6 is 0 Å². The number of rotatable bonds is 8. The van der Waals surface area contributed by atoms with Gasteiger partial charge in [-0.25, -0.2) is 22.9 Å². The number of nitrogens with one attached hydrogen (secondary N) is 3. The first kappa shape index (κ1) is 21.9. The van der Waals surface area contributed by atoms with Crippen molar-refractivity contribution >= 4 is 23.5 Å². The molecule has 4 heterocycles. The first-order valence-corrected chi connectivity index (χ1v) is 11.2. The second-order valence-corrected chi connectivity index (χ2v) is 9.14. The average molecular weight is 493 g/mol. The van der Waals surface area contributed by atoms with E-state index in [2.05, 4.69) is 30.8 Å². The molecule has 14 heteroatoms. The van der Waals surface area contributed by atoms with Crippen LogP contribution in [0.5, 0.6) is 5.88 Å². The molecule has 3 aromatic rings. The molecule has 3 N–H and O–H groups in total. The molecule has 4 fully saturated rings. The van der Waals surface area contributed by atoms with Gasteiger partial charge in [0.15, 0.2) is 24.7 Å². The Morgan fingerprint density at radius 3 is 2.94 bits per heavy atom. The van der Waals surface area contributed by atoms with E-state index in [-0.39, 0.29) is 24.0 Å². The fraction of sp³-hybridized carbons (Fsp3) is 0.524. The molecule has 35 heavy (non-hydrogen) atoms. The number of nitrogens with zero attached hydrogens (tertiary/aromatic N) is 4. The zero-order valence-electron chi connectivity index (χ0n) is 18.3. The highest BCUT2D eigenvalue weighted by Gasteiger charge is 2.58. The highest BCUT2D eigenvalue weighted by molar-refractivity contribution is 5.69. The Labute approximate surface area is 196 Å². The summed E-state index contributed by atoms with van der Waals surface area (Å²) in [5, 5.41) is 12.7. The largest absolute Gasteiger partial charge is 0.470 e. The number of H-pyrrole nitrogens is 1. The summed E-state index contributed by atoms with van der Waals surface area (Å²) >= 11 is 0. The van der Waals surface area contributed by atoms with Crippen molar-refractivity contribution in [2.75, 3.05) is 18.5 Å². The molecule has 0 aromatic carbocycles. The fourth-order valence-corrected chi connectivity index (χ4v) is 4.82. The molecular formula is C21H22F3N7O4. The number of aromatic amines is 1. The molecule has 3 saturated carbocycles. The zero-order chi connectivity index (χ0) is 24.2. The third-order valence-electron chi connectivity index (χ3n) is 6.61. The molecule has 11 nitrogen and oxygen atoms in total. The molecule has 2 bridgehead atoms. The number of hydrogen-bond donors (Lipinski definition) is 3. The van der Waals surface area contributed by atoms with Crippen molar-refractivity contribution in [3.05, 3.63) is 30.2 Å². The molecule has 186 valence electrons. The first-order chi connectivity index (χ1) is 16.9. The Balaban J connectivity index is 1.09. The van der Waals surface area contributed by atoms with Gasteiger partial charge in [-0.05, 0) is 31.2 Å². The minimum Gasteiger partial charge on any atom is -0.470 e. The lowest BCUT2D eigenvalue weighted by Gasteiger charge is -2.61. The van der Waals surface area contributed by atoms with Crippen LogP contribution in [0, 0.1) is 5.92 Å². The normalized spacial score (nSPS) is 29.0. The number of anilines is 2. The zero-order valence-corrected chi connectivity index (χ0v) is 18.3. The summed E-state index contributed by atoms with van der Waals surface area (Å²) in [5.41, 5.74) is 0.616. The van der Waals surface area contributed by atoms with Gasteiger partial charge in [-0.15, -0.1) is 0 Å². The van der Waals surface area contributed by atoms with Crippen LogP contribution in [0.4, 0.5) is 29.7 Å². The number of imidazole rings is 1. The van der Waals surface area contributed by atoms with Crippen molar-refractivity contribution in [2.24, 2.45) is 5.92 Å². The number of hydrogen-bond acceptors (Lipinski definition) is 8. The second-order valence-electron chi connectivity index (χ2n) is 9.14. The first-order valence-electron chi connectivity index (χ1n) is 11.2. The highest BCUT2D eigenvalue weighted by atomic mass is 19.3. The van der Waals surface area contributed by atoms with Gasteiger partial charge in [0.25, 0.3) is 6.43 Å². The van der Waals surface area contributed by atoms with Gasteiger partial charge < -0.3 is 24.8 Å². The predicted octanol–water partition coefficient (Wildman–Crippen LogP) is 2.90. The molecule has 1 saturated heterocycles. The Hall–Kier alpha value is -3.55. The number of alkyl carbamates (subject to hydrolysis) is 1. The molecule has 7 rings (SSSR count). The quantitative estimate of drug-likeness (QED) is 0.437. The van der Waals surface area contributed by atoms with Crippen LogP contribution in [0.3, 0.4) is 0 Å². The van der Waals surface area contributed by atoms with Crippen LogP contribution in [0.25, 0.3) is 5.65 Å². The van der Waals surface area contributed by atoms with Gasteiger partial charge in [0.1, 0.15) is 11.8 Å². The summed E-state index contributed by atoms with van der Waals surface area (Å²) < 4.78 is 57.1. The van der Waals surface area contributed by atoms with Gasteiger partial charge in [-0.2, -0.15) is 10.1 Å². The van der Waals surface area contributed by atoms with E-state index in [0.717, 1.165) is 19.3 Å². The summed E-state index contributed by atoms with van der Waals surface area (Å²) in [6.07, 6.45) is -1.07. The van der Waals surface area contributed by atoms with E-state index in [4.69, 9.17) is 14.2 Å². The number of fused-ring (bicyclic) bond motifs is 1. The minimum absolute atomic E-state index is 0.0211. The average Bonchev–Trinajstić information content (AvgIpc) is 3.48. The van der Waals surface area contributed by atoms with Crippen LogP contribution in [0.15, 0.2) is 24.5 Å². The highest BCUT2D eigenvalue weighted by Crippen LogP contribution is 2.57. The van der Waals surface area contributed by atoms with Crippen molar-refractivity contribution in [3.63, 3.8) is 0 Å². The Kier molecular flexibility index (Phi) is 5.20. The standard InChI is InChI=1S/C21H22F3N7O4/c22-13(23)9-33-16-7-31-15(27-16)1-2-25-19(31)26-14-3-11(29-30-14)18-17(24)12(8-34-18)35-20(32)28-21-4-10(5-21)6-21/h1-3,7,10,12-13,17-18H,4-6,8-9H2,(H,28,32)(H2,25,26,29,30)/t10?,12-,17-,18-,21?/m0/s1. The van der Waals surface area contributed by atoms with Gasteiger partial charge >= 0.3 is 6.09 Å². The van der Waals surface area contributed by atoms with Gasteiger partial charge in [0, 0.05) is 17.8 Å². The smallest absolute Gasteiger partial charge is 0.408 e. The lowest BCUT2D eigenvalue weighted by Crippen LogP contribution is -2.68. The second kappa shape index (κ2) is 8.29. The summed E-state index contributed by atoms with van der Waals surface area (Å²) in [6.45, 7) is -0.851. The minimum atomic E-state index is -2.62.